The maximum Gasteiger partial charge on any atom is 0.318 e. The van der Waals surface area contributed by atoms with Gasteiger partial charge in [-0.3, -0.25) is 0 Å². The molecule has 148 valence electrons. The van der Waals surface area contributed by atoms with E-state index in [1.165, 1.54) is 10.5 Å². The molecule has 27 heavy (non-hydrogen) atoms. The predicted octanol–water partition coefficient (Wildman–Crippen LogP) is -1.01. The van der Waals surface area contributed by atoms with E-state index in [2.05, 4.69) is 5.32 Å². The number of rotatable bonds is 6. The molecule has 1 saturated heterocycles. The van der Waals surface area contributed by atoms with Crippen molar-refractivity contribution >= 4 is 12.0 Å². The standard InChI is InChI=1S/C19H27N3O5/c1-3-13(2)17(18(23)24)20-19(25)22-8-6-21(7-9-22)11-14-4-5-15-16(10-14)27-12-26-15/h4-5,10,13,17H,3,6-9,11-12H2,1-2H3,(H,20,25)(H,23,24)/t13-,17+/m1/s1. The van der Waals surface area contributed by atoms with Crippen molar-refractivity contribution in [2.75, 3.05) is 33.0 Å². The highest BCUT2D eigenvalue weighted by Crippen LogP contribution is 2.32. The van der Waals surface area contributed by atoms with Crippen LogP contribution in [-0.4, -0.2) is 55.9 Å². The minimum absolute atomic E-state index is 0.170. The van der Waals surface area contributed by atoms with Crippen molar-refractivity contribution in [2.24, 2.45) is 5.92 Å². The fraction of sp³-hybridized carbons (Fsp3) is 0.579. The third kappa shape index (κ3) is 4.63. The van der Waals surface area contributed by atoms with Gasteiger partial charge < -0.3 is 34.5 Å². The summed E-state index contributed by atoms with van der Waals surface area (Å²) >= 11 is 0. The summed E-state index contributed by atoms with van der Waals surface area (Å²) in [5.74, 6) is 0.156. The van der Waals surface area contributed by atoms with Crippen LogP contribution in [0.15, 0.2) is 18.2 Å². The number of carbonyl (C=O) groups excluding carboxylic acids is 2. The van der Waals surface area contributed by atoms with Crippen molar-refractivity contribution in [2.45, 2.75) is 32.9 Å². The highest BCUT2D eigenvalue weighted by atomic mass is 16.7. The van der Waals surface area contributed by atoms with Crippen molar-refractivity contribution in [3.63, 3.8) is 0 Å². The van der Waals surface area contributed by atoms with Gasteiger partial charge in [-0.05, 0) is 24.1 Å². The Bertz CT molecular complexity index is 688. The normalized spacial score (nSPS) is 18.8. The van der Waals surface area contributed by atoms with Gasteiger partial charge in [-0.1, -0.05) is 20.3 Å². The summed E-state index contributed by atoms with van der Waals surface area (Å²) in [5, 5.41) is 13.9. The van der Waals surface area contributed by atoms with Gasteiger partial charge in [-0.2, -0.15) is 0 Å². The molecule has 0 bridgehead atoms. The van der Waals surface area contributed by atoms with Crippen molar-refractivity contribution < 1.29 is 29.1 Å². The van der Waals surface area contributed by atoms with Crippen molar-refractivity contribution in [3.8, 4) is 11.5 Å². The van der Waals surface area contributed by atoms with E-state index in [1.54, 1.807) is 11.8 Å². The number of ether oxygens (including phenoxy) is 2. The maximum absolute atomic E-state index is 12.4. The van der Waals surface area contributed by atoms with E-state index in [1.807, 2.05) is 25.1 Å². The lowest BCUT2D eigenvalue weighted by molar-refractivity contribution is -0.917. The number of nitrogens with zero attached hydrogens (tertiary/aromatic N) is 1. The van der Waals surface area contributed by atoms with Gasteiger partial charge in [0.05, 0.1) is 38.2 Å². The molecule has 1 aromatic rings. The summed E-state index contributed by atoms with van der Waals surface area (Å²) in [5.41, 5.74) is 1.17. The van der Waals surface area contributed by atoms with E-state index >= 15 is 0 Å². The summed E-state index contributed by atoms with van der Waals surface area (Å²) in [4.78, 5) is 26.8. The molecule has 3 rings (SSSR count). The Morgan fingerprint density at radius 1 is 1.26 bits per heavy atom. The lowest BCUT2D eigenvalue weighted by Gasteiger charge is -2.34. The number of hydrogen-bond donors (Lipinski definition) is 2. The third-order valence-corrected chi connectivity index (χ3v) is 5.39. The number of carboxylic acids is 1. The molecule has 2 aliphatic rings. The lowest BCUT2D eigenvalue weighted by Crippen LogP contribution is -3.13. The van der Waals surface area contributed by atoms with Crippen LogP contribution in [0.5, 0.6) is 11.5 Å². The van der Waals surface area contributed by atoms with Crippen molar-refractivity contribution in [1.29, 1.82) is 0 Å². The minimum atomic E-state index is -1.23. The molecule has 2 atom stereocenters. The van der Waals surface area contributed by atoms with E-state index in [4.69, 9.17) is 9.47 Å². The molecule has 0 aromatic heterocycles. The molecule has 0 radical (unpaired) electrons. The van der Waals surface area contributed by atoms with Crippen molar-refractivity contribution in [3.05, 3.63) is 23.8 Å². The Hall–Kier alpha value is -2.48. The second-order valence-corrected chi connectivity index (χ2v) is 7.23. The molecule has 2 heterocycles. The number of nitrogens with one attached hydrogen (secondary N) is 2. The molecule has 0 aliphatic carbocycles. The summed E-state index contributed by atoms with van der Waals surface area (Å²) in [6, 6.07) is 4.69. The van der Waals surface area contributed by atoms with Gasteiger partial charge in [0.1, 0.15) is 6.54 Å². The fourth-order valence-corrected chi connectivity index (χ4v) is 3.44. The number of amides is 2. The first-order chi connectivity index (χ1) is 13.0. The van der Waals surface area contributed by atoms with E-state index < -0.39 is 12.0 Å². The smallest absolute Gasteiger partial charge is 0.318 e. The summed E-state index contributed by atoms with van der Waals surface area (Å²) < 4.78 is 10.7. The Morgan fingerprint density at radius 2 is 1.96 bits per heavy atom. The van der Waals surface area contributed by atoms with Crippen LogP contribution >= 0.6 is 0 Å². The molecule has 2 N–H and O–H groups in total. The predicted molar refractivity (Wildman–Crippen MR) is 95.3 cm³/mol. The van der Waals surface area contributed by atoms with E-state index in [9.17, 15) is 14.7 Å². The lowest BCUT2D eigenvalue weighted by atomic mass is 9.99. The molecule has 8 nitrogen and oxygen atoms in total. The summed E-state index contributed by atoms with van der Waals surface area (Å²) in [7, 11) is 0. The first kappa shape index (κ1) is 19.3. The highest BCUT2D eigenvalue weighted by molar-refractivity contribution is 5.81. The van der Waals surface area contributed by atoms with Crippen LogP contribution in [0.1, 0.15) is 25.8 Å². The Morgan fingerprint density at radius 3 is 2.63 bits per heavy atom. The number of urea groups is 1. The molecule has 1 fully saturated rings. The van der Waals surface area contributed by atoms with Crippen LogP contribution in [0.3, 0.4) is 0 Å². The largest absolute Gasteiger partial charge is 0.548 e. The summed E-state index contributed by atoms with van der Waals surface area (Å²) in [6.45, 7) is 7.60. The number of piperazine rings is 1. The van der Waals surface area contributed by atoms with E-state index in [-0.39, 0.29) is 18.7 Å². The molecular formula is C19H27N3O5. The summed E-state index contributed by atoms with van der Waals surface area (Å²) in [6.07, 6.45) is 0.659. The SMILES string of the molecule is CC[C@@H](C)[C@H](NC(=O)N1CC[NH+](Cc2ccc3c(c2)OCO3)CC1)C(=O)[O-]. The molecule has 2 amide bonds. The van der Waals surface area contributed by atoms with Crippen LogP contribution in [0, 0.1) is 5.92 Å². The van der Waals surface area contributed by atoms with Gasteiger partial charge in [0, 0.05) is 5.56 Å². The number of benzene rings is 1. The zero-order chi connectivity index (χ0) is 19.4. The van der Waals surface area contributed by atoms with Crippen LogP contribution in [-0.2, 0) is 11.3 Å². The second kappa shape index (κ2) is 8.47. The number of carbonyl (C=O) groups is 2. The first-order valence-electron chi connectivity index (χ1n) is 9.46. The molecule has 0 spiro atoms. The fourth-order valence-electron chi connectivity index (χ4n) is 3.44. The Kier molecular flexibility index (Phi) is 6.05. The van der Waals surface area contributed by atoms with Gasteiger partial charge in [-0.25, -0.2) is 4.79 Å². The van der Waals surface area contributed by atoms with E-state index in [0.717, 1.165) is 31.1 Å². The number of quaternary nitrogens is 1. The number of aliphatic carboxylic acids is 1. The van der Waals surface area contributed by atoms with Crippen molar-refractivity contribution in [1.82, 2.24) is 10.2 Å². The number of hydrogen-bond acceptors (Lipinski definition) is 5. The monoisotopic (exact) mass is 377 g/mol. The van der Waals surface area contributed by atoms with Gasteiger partial charge in [0.2, 0.25) is 6.79 Å². The zero-order valence-electron chi connectivity index (χ0n) is 15.8. The average Bonchev–Trinajstić information content (AvgIpc) is 3.13. The number of fused-ring (bicyclic) bond motifs is 1. The molecule has 8 heteroatoms. The molecule has 1 aromatic carbocycles. The Labute approximate surface area is 159 Å². The van der Waals surface area contributed by atoms with Crippen LogP contribution in [0.25, 0.3) is 0 Å². The van der Waals surface area contributed by atoms with E-state index in [0.29, 0.717) is 19.5 Å². The molecule has 0 unspecified atom stereocenters. The minimum Gasteiger partial charge on any atom is -0.548 e. The topological polar surface area (TPSA) is 95.4 Å². The first-order valence-corrected chi connectivity index (χ1v) is 9.46. The van der Waals surface area contributed by atoms with Gasteiger partial charge in [0.25, 0.3) is 0 Å². The average molecular weight is 377 g/mol. The van der Waals surface area contributed by atoms with Gasteiger partial charge in [0.15, 0.2) is 11.5 Å². The van der Waals surface area contributed by atoms with Crippen LogP contribution in [0.4, 0.5) is 4.79 Å². The highest BCUT2D eigenvalue weighted by Gasteiger charge is 2.27. The quantitative estimate of drug-likeness (QED) is 0.662. The van der Waals surface area contributed by atoms with Gasteiger partial charge in [-0.15, -0.1) is 0 Å². The van der Waals surface area contributed by atoms with Crippen LogP contribution < -0.4 is 24.8 Å². The number of carboxylic acid groups (broad SMARTS) is 1. The van der Waals surface area contributed by atoms with Gasteiger partial charge >= 0.3 is 6.03 Å². The zero-order valence-corrected chi connectivity index (χ0v) is 15.8. The molecular weight excluding hydrogens is 350 g/mol. The molecule has 0 saturated carbocycles. The second-order valence-electron chi connectivity index (χ2n) is 7.23. The Balaban J connectivity index is 1.49. The molecule has 2 aliphatic heterocycles. The third-order valence-electron chi connectivity index (χ3n) is 5.39. The van der Waals surface area contributed by atoms with Crippen LogP contribution in [0.2, 0.25) is 0 Å². The maximum atomic E-state index is 12.4.